The highest BCUT2D eigenvalue weighted by molar-refractivity contribution is 5.62. The van der Waals surface area contributed by atoms with Crippen LogP contribution in [0.15, 0.2) is 12.1 Å². The fourth-order valence-corrected chi connectivity index (χ4v) is 2.80. The van der Waals surface area contributed by atoms with Crippen molar-refractivity contribution >= 4 is 5.69 Å². The summed E-state index contributed by atoms with van der Waals surface area (Å²) in [5, 5.41) is 3.54. The summed E-state index contributed by atoms with van der Waals surface area (Å²) in [6.45, 7) is 4.67. The number of nitrogens with one attached hydrogen (secondary N) is 1. The number of fused-ring (bicyclic) bond motifs is 2. The average molecular weight is 247 g/mol. The van der Waals surface area contributed by atoms with Gasteiger partial charge in [-0.05, 0) is 30.4 Å². The van der Waals surface area contributed by atoms with Crippen molar-refractivity contribution in [3.05, 3.63) is 17.7 Å². The molecule has 0 fully saturated rings. The predicted octanol–water partition coefficient (Wildman–Crippen LogP) is 3.23. The Hall–Kier alpha value is -1.38. The Morgan fingerprint density at radius 1 is 1.22 bits per heavy atom. The highest BCUT2D eigenvalue weighted by Gasteiger charge is 2.22. The second-order valence-corrected chi connectivity index (χ2v) is 5.25. The fraction of sp³-hybridized carbons (Fsp3) is 0.600. The Kier molecular flexibility index (Phi) is 3.31. The second-order valence-electron chi connectivity index (χ2n) is 5.25. The van der Waals surface area contributed by atoms with Gasteiger partial charge >= 0.3 is 0 Å². The maximum Gasteiger partial charge on any atom is 0.163 e. The number of rotatable bonds is 3. The van der Waals surface area contributed by atoms with Crippen LogP contribution in [0.3, 0.4) is 0 Å². The molecule has 1 atom stereocenters. The summed E-state index contributed by atoms with van der Waals surface area (Å²) in [5.74, 6) is 2.57. The van der Waals surface area contributed by atoms with Gasteiger partial charge in [-0.15, -0.1) is 0 Å². The lowest BCUT2D eigenvalue weighted by molar-refractivity contribution is 0.171. The number of hydrogen-bond donors (Lipinski definition) is 1. The van der Waals surface area contributed by atoms with Gasteiger partial charge in [0.05, 0.1) is 0 Å². The fourth-order valence-electron chi connectivity index (χ4n) is 2.80. The zero-order valence-electron chi connectivity index (χ0n) is 11.0. The molecule has 98 valence electrons. The molecule has 0 spiro atoms. The van der Waals surface area contributed by atoms with E-state index in [-0.39, 0.29) is 0 Å². The van der Waals surface area contributed by atoms with Gasteiger partial charge in [-0.3, -0.25) is 0 Å². The molecule has 2 aliphatic heterocycles. The highest BCUT2D eigenvalue weighted by Crippen LogP contribution is 2.38. The first-order valence-corrected chi connectivity index (χ1v) is 7.03. The van der Waals surface area contributed by atoms with Crippen LogP contribution in [-0.4, -0.2) is 19.8 Å². The molecule has 2 aliphatic rings. The van der Waals surface area contributed by atoms with Crippen LogP contribution >= 0.6 is 0 Å². The minimum atomic E-state index is 0.658. The molecule has 1 unspecified atom stereocenters. The molecule has 0 saturated carbocycles. The quantitative estimate of drug-likeness (QED) is 0.889. The first-order chi connectivity index (χ1) is 8.86. The van der Waals surface area contributed by atoms with Gasteiger partial charge in [0.15, 0.2) is 11.5 Å². The predicted molar refractivity (Wildman–Crippen MR) is 72.6 cm³/mol. The van der Waals surface area contributed by atoms with Crippen molar-refractivity contribution in [3.8, 4) is 11.5 Å². The van der Waals surface area contributed by atoms with Crippen LogP contribution in [0.1, 0.15) is 31.7 Å². The second kappa shape index (κ2) is 5.09. The smallest absolute Gasteiger partial charge is 0.163 e. The number of ether oxygens (including phenoxy) is 2. The van der Waals surface area contributed by atoms with Gasteiger partial charge in [0.1, 0.15) is 13.2 Å². The Morgan fingerprint density at radius 2 is 2.00 bits per heavy atom. The molecule has 1 aromatic rings. The summed E-state index contributed by atoms with van der Waals surface area (Å²) in [5.41, 5.74) is 2.61. The molecule has 0 aromatic heterocycles. The summed E-state index contributed by atoms with van der Waals surface area (Å²) < 4.78 is 11.3. The molecule has 1 aromatic carbocycles. The third-order valence-corrected chi connectivity index (χ3v) is 3.82. The Labute approximate surface area is 108 Å². The van der Waals surface area contributed by atoms with Crippen molar-refractivity contribution in [2.75, 3.05) is 25.1 Å². The van der Waals surface area contributed by atoms with Gasteiger partial charge in [0.2, 0.25) is 0 Å². The zero-order chi connectivity index (χ0) is 12.4. The van der Waals surface area contributed by atoms with E-state index in [1.807, 2.05) is 0 Å². The molecule has 18 heavy (non-hydrogen) atoms. The number of unbranched alkanes of at least 4 members (excludes halogenated alkanes) is 1. The van der Waals surface area contributed by atoms with Crippen LogP contribution in [0.25, 0.3) is 0 Å². The SMILES string of the molecule is CCCCC1CNc2cc3c(cc2C1)OCCO3. The van der Waals surface area contributed by atoms with Crippen LogP contribution < -0.4 is 14.8 Å². The molecule has 3 nitrogen and oxygen atoms in total. The molecule has 3 rings (SSSR count). The van der Waals surface area contributed by atoms with Gasteiger partial charge in [0, 0.05) is 18.3 Å². The van der Waals surface area contributed by atoms with Gasteiger partial charge < -0.3 is 14.8 Å². The third kappa shape index (κ3) is 2.26. The van der Waals surface area contributed by atoms with Crippen molar-refractivity contribution in [1.82, 2.24) is 0 Å². The van der Waals surface area contributed by atoms with E-state index in [1.165, 1.54) is 36.9 Å². The molecule has 0 radical (unpaired) electrons. The van der Waals surface area contributed by atoms with Gasteiger partial charge in [-0.2, -0.15) is 0 Å². The maximum atomic E-state index is 5.65. The Bertz CT molecular complexity index is 431. The largest absolute Gasteiger partial charge is 0.486 e. The van der Waals surface area contributed by atoms with Crippen LogP contribution in [0, 0.1) is 5.92 Å². The molecule has 0 bridgehead atoms. The monoisotopic (exact) mass is 247 g/mol. The molecule has 0 saturated heterocycles. The van der Waals surface area contributed by atoms with Crippen molar-refractivity contribution < 1.29 is 9.47 Å². The van der Waals surface area contributed by atoms with E-state index in [4.69, 9.17) is 9.47 Å². The Morgan fingerprint density at radius 3 is 2.78 bits per heavy atom. The molecule has 2 heterocycles. The molecular formula is C15H21NO2. The van der Waals surface area contributed by atoms with Crippen molar-refractivity contribution in [2.24, 2.45) is 5.92 Å². The van der Waals surface area contributed by atoms with E-state index in [2.05, 4.69) is 24.4 Å². The lowest BCUT2D eigenvalue weighted by atomic mass is 9.90. The third-order valence-electron chi connectivity index (χ3n) is 3.82. The van der Waals surface area contributed by atoms with E-state index in [1.54, 1.807) is 0 Å². The zero-order valence-corrected chi connectivity index (χ0v) is 11.0. The summed E-state index contributed by atoms with van der Waals surface area (Å²) in [7, 11) is 0. The lowest BCUT2D eigenvalue weighted by Gasteiger charge is -2.28. The van der Waals surface area contributed by atoms with Crippen molar-refractivity contribution in [1.29, 1.82) is 0 Å². The summed E-state index contributed by atoms with van der Waals surface area (Å²) in [6.07, 6.45) is 5.09. The van der Waals surface area contributed by atoms with Crippen LogP contribution in [0.4, 0.5) is 5.69 Å². The van der Waals surface area contributed by atoms with Crippen LogP contribution in [0.5, 0.6) is 11.5 Å². The summed E-state index contributed by atoms with van der Waals surface area (Å²) in [6, 6.07) is 4.26. The maximum absolute atomic E-state index is 5.65. The molecule has 0 aliphatic carbocycles. The standard InChI is InChI=1S/C15H21NO2/c1-2-3-4-11-7-12-8-14-15(18-6-5-17-14)9-13(12)16-10-11/h8-9,11,16H,2-7,10H2,1H3. The lowest BCUT2D eigenvalue weighted by Crippen LogP contribution is -2.24. The van der Waals surface area contributed by atoms with E-state index < -0.39 is 0 Å². The highest BCUT2D eigenvalue weighted by atomic mass is 16.6. The van der Waals surface area contributed by atoms with Crippen LogP contribution in [-0.2, 0) is 6.42 Å². The summed E-state index contributed by atoms with van der Waals surface area (Å²) in [4.78, 5) is 0. The van der Waals surface area contributed by atoms with E-state index in [0.29, 0.717) is 13.2 Å². The van der Waals surface area contributed by atoms with Gasteiger partial charge in [-0.25, -0.2) is 0 Å². The van der Waals surface area contributed by atoms with Gasteiger partial charge in [0.25, 0.3) is 0 Å². The van der Waals surface area contributed by atoms with Crippen LogP contribution in [0.2, 0.25) is 0 Å². The number of hydrogen-bond acceptors (Lipinski definition) is 3. The molecule has 1 N–H and O–H groups in total. The minimum absolute atomic E-state index is 0.658. The first-order valence-electron chi connectivity index (χ1n) is 7.03. The first kappa shape index (κ1) is 11.7. The molecule has 3 heteroatoms. The minimum Gasteiger partial charge on any atom is -0.486 e. The van der Waals surface area contributed by atoms with E-state index in [9.17, 15) is 0 Å². The normalized spacial score (nSPS) is 21.1. The van der Waals surface area contributed by atoms with E-state index in [0.717, 1.165) is 24.0 Å². The number of anilines is 1. The van der Waals surface area contributed by atoms with E-state index >= 15 is 0 Å². The van der Waals surface area contributed by atoms with Crippen molar-refractivity contribution in [3.63, 3.8) is 0 Å². The summed E-state index contributed by atoms with van der Waals surface area (Å²) >= 11 is 0. The average Bonchev–Trinajstić information content (AvgIpc) is 2.42. The molecular weight excluding hydrogens is 226 g/mol. The van der Waals surface area contributed by atoms with Gasteiger partial charge in [-0.1, -0.05) is 19.8 Å². The number of benzene rings is 1. The van der Waals surface area contributed by atoms with Crippen molar-refractivity contribution in [2.45, 2.75) is 32.6 Å². The topological polar surface area (TPSA) is 30.5 Å². The Balaban J connectivity index is 1.78. The molecule has 0 amide bonds.